The molecule has 0 radical (unpaired) electrons. The Morgan fingerprint density at radius 2 is 1.48 bits per heavy atom. The Labute approximate surface area is 179 Å². The predicted molar refractivity (Wildman–Crippen MR) is 98.4 cm³/mol. The number of carbonyl (C=O) groups excluding carboxylic acids is 3. The highest BCUT2D eigenvalue weighted by Gasteiger charge is 2.53. The van der Waals surface area contributed by atoms with Crippen molar-refractivity contribution in [2.24, 2.45) is 5.11 Å². The topological polar surface area (TPSA) is 170 Å². The van der Waals surface area contributed by atoms with Gasteiger partial charge in [-0.05, 0) is 5.53 Å². The monoisotopic (exact) mass is 474 g/mol. The number of hydrogen-bond donors (Lipinski definition) is 1. The Bertz CT molecular complexity index is 709. The van der Waals surface area contributed by atoms with Crippen LogP contribution < -0.4 is 0 Å². The van der Waals surface area contributed by atoms with E-state index >= 15 is 0 Å². The molecule has 12 nitrogen and oxygen atoms in total. The molecule has 0 spiro atoms. The second kappa shape index (κ2) is 10.7. The Morgan fingerprint density at radius 3 is 1.93 bits per heavy atom. The summed E-state index contributed by atoms with van der Waals surface area (Å²) >= 11 is 16.8. The molecule has 0 aromatic heterocycles. The SMILES string of the molecule is CC(=O)OC1[C@@H](OC(=N)C(Cl)(Cl)Cl)OC(CN=[N+]=[N-])[C@@H](OC(C)=O)[C@H]1OC(C)=O. The molecule has 1 aliphatic rings. The number of azide groups is 1. The third kappa shape index (κ3) is 7.75. The van der Waals surface area contributed by atoms with Gasteiger partial charge in [-0.2, -0.15) is 0 Å². The molecular formula is C14H17Cl3N4O8. The number of nitrogens with one attached hydrogen (secondary N) is 1. The standard InChI is InChI=1S/C14H17Cl3N4O8/c1-5(22)25-9-8(4-20-21-19)28-12(29-13(18)14(15,16)17)11(27-7(3)24)10(9)26-6(2)23/h8-12,18H,4H2,1-3H3/t8?,9-,10-,11?,12-/m1/s1. The van der Waals surface area contributed by atoms with Crippen molar-refractivity contribution in [3.05, 3.63) is 10.4 Å². The van der Waals surface area contributed by atoms with E-state index in [9.17, 15) is 14.4 Å². The largest absolute Gasteiger partial charge is 0.456 e. The summed E-state index contributed by atoms with van der Waals surface area (Å²) in [5.41, 5.74) is 8.59. The molecule has 5 atom stereocenters. The number of hydrogen-bond acceptors (Lipinski definition) is 10. The van der Waals surface area contributed by atoms with E-state index in [1.807, 2.05) is 0 Å². The number of rotatable bonds is 6. The first-order valence-electron chi connectivity index (χ1n) is 7.87. The third-order valence-electron chi connectivity index (χ3n) is 3.31. The van der Waals surface area contributed by atoms with Crippen LogP contribution in [0, 0.1) is 5.41 Å². The molecule has 1 rings (SSSR count). The number of alkyl halides is 3. The van der Waals surface area contributed by atoms with Crippen LogP contribution in [0.4, 0.5) is 0 Å². The van der Waals surface area contributed by atoms with Crippen molar-refractivity contribution < 1.29 is 38.1 Å². The van der Waals surface area contributed by atoms with Gasteiger partial charge in [0.2, 0.25) is 18.3 Å². The van der Waals surface area contributed by atoms with Crippen molar-refractivity contribution in [3.8, 4) is 0 Å². The van der Waals surface area contributed by atoms with Gasteiger partial charge in [-0.1, -0.05) is 39.9 Å². The fourth-order valence-electron chi connectivity index (χ4n) is 2.40. The van der Waals surface area contributed by atoms with Gasteiger partial charge >= 0.3 is 17.9 Å². The van der Waals surface area contributed by atoms with Crippen molar-refractivity contribution in [2.75, 3.05) is 6.54 Å². The second-order valence-corrected chi connectivity index (χ2v) is 7.90. The molecule has 1 heterocycles. The minimum Gasteiger partial charge on any atom is -0.456 e. The molecular weight excluding hydrogens is 459 g/mol. The number of halogens is 3. The highest BCUT2D eigenvalue weighted by molar-refractivity contribution is 6.76. The van der Waals surface area contributed by atoms with Gasteiger partial charge in [0, 0.05) is 25.7 Å². The van der Waals surface area contributed by atoms with Crippen LogP contribution in [0.15, 0.2) is 5.11 Å². The Kier molecular flexibility index (Phi) is 9.24. The average Bonchev–Trinajstić information content (AvgIpc) is 2.56. The van der Waals surface area contributed by atoms with Gasteiger partial charge in [-0.15, -0.1) is 0 Å². The van der Waals surface area contributed by atoms with E-state index in [2.05, 4.69) is 10.0 Å². The second-order valence-electron chi connectivity index (χ2n) is 5.62. The average molecular weight is 476 g/mol. The van der Waals surface area contributed by atoms with Crippen LogP contribution in [0.25, 0.3) is 10.4 Å². The molecule has 0 aliphatic carbocycles. The normalized spacial score (nSPS) is 26.5. The zero-order valence-electron chi connectivity index (χ0n) is 15.3. The summed E-state index contributed by atoms with van der Waals surface area (Å²) in [6.45, 7) is 2.80. The summed E-state index contributed by atoms with van der Waals surface area (Å²) in [5.74, 6) is -3.32. The quantitative estimate of drug-likeness (QED) is 0.0890. The molecule has 0 saturated carbocycles. The first kappa shape index (κ1) is 25.1. The first-order chi connectivity index (χ1) is 13.4. The van der Waals surface area contributed by atoms with Gasteiger partial charge < -0.3 is 23.7 Å². The Balaban J connectivity index is 3.39. The van der Waals surface area contributed by atoms with E-state index in [-0.39, 0.29) is 6.54 Å². The summed E-state index contributed by atoms with van der Waals surface area (Å²) in [6, 6.07) is 0. The van der Waals surface area contributed by atoms with Crippen LogP contribution in [-0.4, -0.2) is 64.8 Å². The van der Waals surface area contributed by atoms with Crippen LogP contribution in [-0.2, 0) is 38.1 Å². The lowest BCUT2D eigenvalue weighted by molar-refractivity contribution is -0.285. The Morgan fingerprint density at radius 1 is 1.00 bits per heavy atom. The van der Waals surface area contributed by atoms with E-state index < -0.39 is 58.3 Å². The van der Waals surface area contributed by atoms with Crippen molar-refractivity contribution in [1.29, 1.82) is 5.41 Å². The van der Waals surface area contributed by atoms with E-state index in [0.717, 1.165) is 20.8 Å². The molecule has 1 saturated heterocycles. The molecule has 0 bridgehead atoms. The van der Waals surface area contributed by atoms with E-state index in [4.69, 9.17) is 69.4 Å². The lowest BCUT2D eigenvalue weighted by atomic mass is 9.97. The highest BCUT2D eigenvalue weighted by atomic mass is 35.6. The van der Waals surface area contributed by atoms with Crippen molar-refractivity contribution in [3.63, 3.8) is 0 Å². The van der Waals surface area contributed by atoms with Crippen LogP contribution in [0.3, 0.4) is 0 Å². The van der Waals surface area contributed by atoms with Crippen molar-refractivity contribution in [2.45, 2.75) is 55.3 Å². The predicted octanol–water partition coefficient (Wildman–Crippen LogP) is 2.18. The molecule has 0 aromatic carbocycles. The zero-order valence-corrected chi connectivity index (χ0v) is 17.6. The van der Waals surface area contributed by atoms with Crippen LogP contribution in [0.5, 0.6) is 0 Å². The molecule has 2 unspecified atom stereocenters. The number of ether oxygens (including phenoxy) is 5. The summed E-state index contributed by atoms with van der Waals surface area (Å²) in [6.07, 6.45) is -7.14. The molecule has 1 fully saturated rings. The van der Waals surface area contributed by atoms with Gasteiger partial charge in [-0.25, -0.2) is 0 Å². The highest BCUT2D eigenvalue weighted by Crippen LogP contribution is 2.33. The number of nitrogens with zero attached hydrogens (tertiary/aromatic N) is 3. The fraction of sp³-hybridized carbons (Fsp3) is 0.714. The van der Waals surface area contributed by atoms with Gasteiger partial charge in [-0.3, -0.25) is 19.8 Å². The molecule has 29 heavy (non-hydrogen) atoms. The van der Waals surface area contributed by atoms with Crippen LogP contribution in [0.1, 0.15) is 20.8 Å². The number of esters is 3. The van der Waals surface area contributed by atoms with E-state index in [0.29, 0.717) is 0 Å². The molecule has 15 heteroatoms. The maximum Gasteiger partial charge on any atom is 0.303 e. The maximum absolute atomic E-state index is 11.6. The zero-order chi connectivity index (χ0) is 22.4. The maximum atomic E-state index is 11.6. The molecule has 1 aliphatic heterocycles. The van der Waals surface area contributed by atoms with Crippen LogP contribution >= 0.6 is 34.8 Å². The Hall–Kier alpha value is -1.98. The van der Waals surface area contributed by atoms with Crippen molar-refractivity contribution in [1.82, 2.24) is 0 Å². The van der Waals surface area contributed by atoms with E-state index in [1.165, 1.54) is 0 Å². The third-order valence-corrected chi connectivity index (χ3v) is 3.83. The summed E-state index contributed by atoms with van der Waals surface area (Å²) in [7, 11) is 0. The number of carbonyl (C=O) groups is 3. The summed E-state index contributed by atoms with van der Waals surface area (Å²) in [5, 5.41) is 11.1. The molecule has 162 valence electrons. The van der Waals surface area contributed by atoms with Gasteiger partial charge in [0.15, 0.2) is 12.2 Å². The summed E-state index contributed by atoms with van der Waals surface area (Å²) in [4.78, 5) is 37.3. The molecule has 0 aromatic rings. The fourth-order valence-corrected chi connectivity index (χ4v) is 2.53. The first-order valence-corrected chi connectivity index (χ1v) is 9.00. The van der Waals surface area contributed by atoms with Crippen LogP contribution in [0.2, 0.25) is 0 Å². The smallest absolute Gasteiger partial charge is 0.303 e. The van der Waals surface area contributed by atoms with Gasteiger partial charge in [0.25, 0.3) is 3.79 Å². The summed E-state index contributed by atoms with van der Waals surface area (Å²) < 4.78 is 23.8. The van der Waals surface area contributed by atoms with Gasteiger partial charge in [0.1, 0.15) is 6.10 Å². The molecule has 0 amide bonds. The van der Waals surface area contributed by atoms with Gasteiger partial charge in [0.05, 0.1) is 6.54 Å². The molecule has 1 N–H and O–H groups in total. The lowest BCUT2D eigenvalue weighted by Crippen LogP contribution is -2.63. The van der Waals surface area contributed by atoms with E-state index in [1.54, 1.807) is 0 Å². The minimum absolute atomic E-state index is 0.389. The lowest BCUT2D eigenvalue weighted by Gasteiger charge is -2.44. The minimum atomic E-state index is -2.28. The van der Waals surface area contributed by atoms with Crippen molar-refractivity contribution >= 4 is 58.6 Å².